The maximum atomic E-state index is 13.9. The van der Waals surface area contributed by atoms with Crippen molar-refractivity contribution in [3.63, 3.8) is 0 Å². The van der Waals surface area contributed by atoms with Crippen molar-refractivity contribution in [2.24, 2.45) is 5.92 Å². The fraction of sp³-hybridized carbons (Fsp3) is 0.349. The van der Waals surface area contributed by atoms with E-state index < -0.39 is 24.3 Å². The standard InChI is InChI=1S/C43H44N8O6/c1-56-42(54)48-31-19-18-29-5-3-6-30-21-35(51(37(29)30)40(31)52)39-45-23-33(47-39)27-14-10-25(11-15-27)24-8-12-26(13-9-24)32-22-44-38(46-32)34-7-4-20-50(34)41(53)36(28-16-17-28)49-43(55)57-2/h3,5-6,8-15,22-23,28,31,34-36H,4,7,16-21H2,1-2H3,(H,44,46)(H,45,47)(H,48,54)(H,49,55)/t31-,34-,35-,36-/m0/s1. The van der Waals surface area contributed by atoms with Crippen LogP contribution in [0.5, 0.6) is 0 Å². The van der Waals surface area contributed by atoms with Crippen molar-refractivity contribution in [3.8, 4) is 33.6 Å². The molecule has 3 aliphatic heterocycles. The molecule has 4 atom stereocenters. The monoisotopic (exact) mass is 768 g/mol. The summed E-state index contributed by atoms with van der Waals surface area (Å²) < 4.78 is 9.59. The maximum Gasteiger partial charge on any atom is 0.407 e. The normalized spacial score (nSPS) is 20.5. The van der Waals surface area contributed by atoms with Crippen LogP contribution in [0.4, 0.5) is 15.3 Å². The number of hydrogen-bond donors (Lipinski definition) is 4. The molecule has 0 unspecified atom stereocenters. The lowest BCUT2D eigenvalue weighted by atomic mass is 10.0. The van der Waals surface area contributed by atoms with E-state index in [2.05, 4.69) is 75.2 Å². The van der Waals surface area contributed by atoms with Crippen LogP contribution in [0.15, 0.2) is 79.1 Å². The second-order valence-electron chi connectivity index (χ2n) is 15.2. The largest absolute Gasteiger partial charge is 0.453 e. The number of amides is 4. The molecule has 4 aliphatic rings. The summed E-state index contributed by atoms with van der Waals surface area (Å²) in [6, 6.07) is 20.9. The Morgan fingerprint density at radius 2 is 1.35 bits per heavy atom. The molecule has 1 saturated heterocycles. The molecule has 0 radical (unpaired) electrons. The summed E-state index contributed by atoms with van der Waals surface area (Å²) in [5, 5.41) is 5.49. The quantitative estimate of drug-likeness (QED) is 0.137. The summed E-state index contributed by atoms with van der Waals surface area (Å²) >= 11 is 0. The van der Waals surface area contributed by atoms with E-state index in [1.54, 1.807) is 11.1 Å². The number of likely N-dealkylation sites (tertiary alicyclic amines) is 1. The van der Waals surface area contributed by atoms with Gasteiger partial charge in [-0.25, -0.2) is 19.6 Å². The fourth-order valence-corrected chi connectivity index (χ4v) is 8.66. The van der Waals surface area contributed by atoms with E-state index in [9.17, 15) is 19.2 Å². The number of hydrogen-bond acceptors (Lipinski definition) is 8. The second kappa shape index (κ2) is 14.9. The number of para-hydroxylation sites is 1. The molecule has 57 heavy (non-hydrogen) atoms. The number of aromatic nitrogens is 4. The highest BCUT2D eigenvalue weighted by Crippen LogP contribution is 2.45. The molecule has 0 bridgehead atoms. The molecule has 5 aromatic rings. The first-order valence-corrected chi connectivity index (χ1v) is 19.5. The minimum absolute atomic E-state index is 0.0802. The molecule has 292 valence electrons. The van der Waals surface area contributed by atoms with Crippen LogP contribution >= 0.6 is 0 Å². The number of H-pyrrole nitrogens is 2. The van der Waals surface area contributed by atoms with E-state index in [4.69, 9.17) is 19.4 Å². The van der Waals surface area contributed by atoms with Crippen LogP contribution < -0.4 is 15.5 Å². The zero-order valence-corrected chi connectivity index (χ0v) is 31.8. The summed E-state index contributed by atoms with van der Waals surface area (Å²) in [6.45, 7) is 0.619. The number of ether oxygens (including phenoxy) is 2. The lowest BCUT2D eigenvalue weighted by Crippen LogP contribution is -2.49. The van der Waals surface area contributed by atoms with Crippen molar-refractivity contribution in [1.82, 2.24) is 35.5 Å². The van der Waals surface area contributed by atoms with Crippen LogP contribution in [-0.4, -0.2) is 81.7 Å². The molecule has 14 heteroatoms. The molecule has 4 N–H and O–H groups in total. The fourth-order valence-electron chi connectivity index (χ4n) is 8.66. The van der Waals surface area contributed by atoms with E-state index in [1.165, 1.54) is 14.2 Å². The minimum Gasteiger partial charge on any atom is -0.453 e. The second-order valence-corrected chi connectivity index (χ2v) is 15.2. The van der Waals surface area contributed by atoms with Crippen LogP contribution in [0.3, 0.4) is 0 Å². The zero-order chi connectivity index (χ0) is 39.2. The molecule has 5 heterocycles. The molecule has 4 amide bonds. The topological polar surface area (TPSA) is 175 Å². The molecule has 3 aromatic carbocycles. The Morgan fingerprint density at radius 3 is 1.96 bits per heavy atom. The van der Waals surface area contributed by atoms with E-state index in [0.717, 1.165) is 82.0 Å². The first kappa shape index (κ1) is 36.2. The Morgan fingerprint density at radius 1 is 0.754 bits per heavy atom. The van der Waals surface area contributed by atoms with Gasteiger partial charge in [-0.3, -0.25) is 14.5 Å². The van der Waals surface area contributed by atoms with Gasteiger partial charge in [-0.15, -0.1) is 0 Å². The molecular formula is C43H44N8O6. The average molecular weight is 769 g/mol. The van der Waals surface area contributed by atoms with Crippen molar-refractivity contribution < 1.29 is 28.7 Å². The van der Waals surface area contributed by atoms with Crippen molar-refractivity contribution in [3.05, 3.63) is 102 Å². The van der Waals surface area contributed by atoms with Gasteiger partial charge in [0.1, 0.15) is 23.7 Å². The van der Waals surface area contributed by atoms with Crippen LogP contribution in [0.25, 0.3) is 33.6 Å². The number of anilines is 1. The molecule has 0 spiro atoms. The van der Waals surface area contributed by atoms with Gasteiger partial charge in [0.25, 0.3) is 0 Å². The number of carbonyl (C=O) groups excluding carboxylic acids is 4. The Hall–Kier alpha value is -6.44. The van der Waals surface area contributed by atoms with Gasteiger partial charge < -0.3 is 35.0 Å². The predicted molar refractivity (Wildman–Crippen MR) is 211 cm³/mol. The summed E-state index contributed by atoms with van der Waals surface area (Å²) in [4.78, 5) is 71.6. The lowest BCUT2D eigenvalue weighted by molar-refractivity contribution is -0.135. The van der Waals surface area contributed by atoms with Crippen molar-refractivity contribution >= 4 is 29.7 Å². The molecule has 1 saturated carbocycles. The van der Waals surface area contributed by atoms with Gasteiger partial charge >= 0.3 is 12.2 Å². The van der Waals surface area contributed by atoms with Crippen LogP contribution in [0.1, 0.15) is 67.0 Å². The van der Waals surface area contributed by atoms with Crippen molar-refractivity contribution in [2.75, 3.05) is 25.7 Å². The summed E-state index contributed by atoms with van der Waals surface area (Å²) in [5.41, 5.74) is 8.86. The van der Waals surface area contributed by atoms with Gasteiger partial charge in [0, 0.05) is 13.0 Å². The smallest absolute Gasteiger partial charge is 0.407 e. The Labute approximate surface area is 329 Å². The Bertz CT molecular complexity index is 2330. The third-order valence-corrected chi connectivity index (χ3v) is 11.8. The number of nitrogens with zero attached hydrogens (tertiary/aromatic N) is 4. The molecule has 14 nitrogen and oxygen atoms in total. The van der Waals surface area contributed by atoms with Crippen molar-refractivity contribution in [1.29, 1.82) is 0 Å². The number of rotatable bonds is 9. The van der Waals surface area contributed by atoms with Gasteiger partial charge in [-0.1, -0.05) is 66.7 Å². The maximum absolute atomic E-state index is 13.9. The van der Waals surface area contributed by atoms with E-state index in [0.29, 0.717) is 31.6 Å². The highest BCUT2D eigenvalue weighted by Gasteiger charge is 2.44. The molecule has 9 rings (SSSR count). The molecule has 2 aromatic heterocycles. The predicted octanol–water partition coefficient (Wildman–Crippen LogP) is 6.23. The van der Waals surface area contributed by atoms with Crippen LogP contribution in [0, 0.1) is 5.92 Å². The van der Waals surface area contributed by atoms with Crippen LogP contribution in [0.2, 0.25) is 0 Å². The molecule has 1 aliphatic carbocycles. The third kappa shape index (κ3) is 6.89. The summed E-state index contributed by atoms with van der Waals surface area (Å²) in [7, 11) is 2.60. The zero-order valence-electron chi connectivity index (χ0n) is 31.8. The average Bonchev–Trinajstić information content (AvgIpc) is 3.62. The number of nitrogens with one attached hydrogen (secondary N) is 4. The number of benzene rings is 3. The first-order valence-electron chi connectivity index (χ1n) is 19.5. The highest BCUT2D eigenvalue weighted by atomic mass is 16.5. The van der Waals surface area contributed by atoms with Gasteiger partial charge in [0.15, 0.2) is 0 Å². The third-order valence-electron chi connectivity index (χ3n) is 11.8. The Kier molecular flexibility index (Phi) is 9.47. The number of imidazole rings is 2. The number of aryl methyl sites for hydroxylation is 1. The van der Waals surface area contributed by atoms with Crippen LogP contribution in [-0.2, 0) is 31.9 Å². The number of aromatic amines is 2. The van der Waals surface area contributed by atoms with Gasteiger partial charge in [0.05, 0.1) is 55.8 Å². The highest BCUT2D eigenvalue weighted by molar-refractivity contribution is 6.02. The minimum atomic E-state index is -0.699. The van der Waals surface area contributed by atoms with Gasteiger partial charge in [-0.05, 0) is 77.8 Å². The van der Waals surface area contributed by atoms with E-state index in [-0.39, 0.29) is 29.8 Å². The summed E-state index contributed by atoms with van der Waals surface area (Å²) in [6.07, 6.45) is 7.67. The molecule has 2 fully saturated rings. The Balaban J connectivity index is 0.879. The lowest BCUT2D eigenvalue weighted by Gasteiger charge is -2.28. The van der Waals surface area contributed by atoms with Gasteiger partial charge in [-0.2, -0.15) is 0 Å². The number of alkyl carbamates (subject to hydrolysis) is 2. The van der Waals surface area contributed by atoms with Gasteiger partial charge in [0.2, 0.25) is 11.8 Å². The van der Waals surface area contributed by atoms with E-state index >= 15 is 0 Å². The number of carbonyl (C=O) groups is 4. The number of methoxy groups -OCH3 is 2. The SMILES string of the molecule is COC(=O)N[C@H]1CCc2cccc3c2N(C1=O)[C@H](c1ncc(-c2ccc(-c4ccc(-c5cnc([C@@H]6CCCN6C(=O)[C@@H](NC(=O)OC)C6CC6)[nH]5)cc4)cc2)[nH]1)C3. The first-order chi connectivity index (χ1) is 27.8. The summed E-state index contributed by atoms with van der Waals surface area (Å²) in [5.74, 6) is 1.32. The van der Waals surface area contributed by atoms with E-state index in [1.807, 2.05) is 23.2 Å². The molecular weight excluding hydrogens is 725 g/mol. The van der Waals surface area contributed by atoms with Crippen molar-refractivity contribution in [2.45, 2.75) is 69.1 Å².